The van der Waals surface area contributed by atoms with Gasteiger partial charge in [0.1, 0.15) is 5.69 Å². The van der Waals surface area contributed by atoms with Crippen LogP contribution in [0.1, 0.15) is 25.7 Å². The quantitative estimate of drug-likeness (QED) is 0.573. The molecule has 3 heterocycles. The number of hydrogen-bond acceptors (Lipinski definition) is 3. The molecule has 2 aromatic rings. The molecule has 23 heavy (non-hydrogen) atoms. The minimum atomic E-state index is 0. The van der Waals surface area contributed by atoms with Gasteiger partial charge in [0.2, 0.25) is 0 Å². The predicted octanol–water partition coefficient (Wildman–Crippen LogP) is -0.225. The van der Waals surface area contributed by atoms with E-state index in [1.165, 1.54) is 43.4 Å². The van der Waals surface area contributed by atoms with E-state index in [2.05, 4.69) is 17.5 Å². The first kappa shape index (κ1) is 19.9. The lowest BCUT2D eigenvalue weighted by Crippen LogP contribution is -3.00. The van der Waals surface area contributed by atoms with Gasteiger partial charge in [-0.3, -0.25) is 0 Å². The minimum Gasteiger partial charge on any atom is -1.00 e. The number of quaternary nitrogens is 1. The number of aromatic nitrogens is 2. The standard InChI is InChI=1S/C16H26N5.2ClH/c1-21(11-5-2-6-12-21)13-7-9-18-16-15(17)14-8-3-4-10-20(14)19-16;;/h3-4,8,10H,2,5-7,9,11-13,17H2,1H3,(H,18,19);2*1H/q+1;;/p-1. The van der Waals surface area contributed by atoms with E-state index in [1.54, 1.807) is 0 Å². The van der Waals surface area contributed by atoms with Gasteiger partial charge in [0.05, 0.1) is 32.2 Å². The number of likely N-dealkylation sites (tertiary alicyclic amines) is 1. The lowest BCUT2D eigenvalue weighted by molar-refractivity contribution is -0.914. The Morgan fingerprint density at radius 1 is 1.26 bits per heavy atom. The van der Waals surface area contributed by atoms with Crippen molar-refractivity contribution in [3.05, 3.63) is 24.4 Å². The van der Waals surface area contributed by atoms with Crippen molar-refractivity contribution >= 4 is 29.4 Å². The summed E-state index contributed by atoms with van der Waals surface area (Å²) in [5, 5.41) is 7.88. The number of nitrogens with two attached hydrogens (primary N) is 1. The molecule has 3 N–H and O–H groups in total. The average molecular weight is 360 g/mol. The number of fused-ring (bicyclic) bond motifs is 1. The fourth-order valence-electron chi connectivity index (χ4n) is 3.32. The van der Waals surface area contributed by atoms with Gasteiger partial charge in [-0.2, -0.15) is 0 Å². The van der Waals surface area contributed by atoms with Crippen LogP contribution >= 0.6 is 12.4 Å². The van der Waals surface area contributed by atoms with E-state index >= 15 is 0 Å². The van der Waals surface area contributed by atoms with Crippen LogP contribution in [0.3, 0.4) is 0 Å². The van der Waals surface area contributed by atoms with Gasteiger partial charge in [0.25, 0.3) is 0 Å². The topological polar surface area (TPSA) is 55.4 Å². The van der Waals surface area contributed by atoms with E-state index in [0.717, 1.165) is 30.0 Å². The normalized spacial score (nSPS) is 16.4. The molecule has 0 amide bonds. The Labute approximate surface area is 150 Å². The Morgan fingerprint density at radius 2 is 2.00 bits per heavy atom. The van der Waals surface area contributed by atoms with E-state index in [4.69, 9.17) is 5.73 Å². The maximum Gasteiger partial charge on any atom is 0.172 e. The van der Waals surface area contributed by atoms with Gasteiger partial charge >= 0.3 is 0 Å². The number of rotatable bonds is 5. The zero-order valence-corrected chi connectivity index (χ0v) is 15.2. The molecular formula is C16H27Cl2N5. The van der Waals surface area contributed by atoms with Crippen LogP contribution in [0.15, 0.2) is 24.4 Å². The molecule has 1 aliphatic rings. The highest BCUT2D eigenvalue weighted by atomic mass is 35.5. The summed E-state index contributed by atoms with van der Waals surface area (Å²) in [6.45, 7) is 4.83. The van der Waals surface area contributed by atoms with Crippen molar-refractivity contribution in [2.24, 2.45) is 0 Å². The number of nitrogen functional groups attached to an aromatic ring is 1. The number of anilines is 2. The molecular weight excluding hydrogens is 333 g/mol. The highest BCUT2D eigenvalue weighted by Crippen LogP contribution is 2.22. The van der Waals surface area contributed by atoms with Crippen LogP contribution in [0.25, 0.3) is 5.52 Å². The van der Waals surface area contributed by atoms with Gasteiger partial charge in [-0.05, 0) is 31.4 Å². The Morgan fingerprint density at radius 3 is 2.70 bits per heavy atom. The Hall–Kier alpha value is -1.17. The van der Waals surface area contributed by atoms with Crippen LogP contribution in [0.2, 0.25) is 0 Å². The van der Waals surface area contributed by atoms with Gasteiger partial charge in [-0.25, -0.2) is 4.52 Å². The van der Waals surface area contributed by atoms with Gasteiger partial charge < -0.3 is 27.9 Å². The molecule has 0 aromatic carbocycles. The van der Waals surface area contributed by atoms with Crippen molar-refractivity contribution in [2.75, 3.05) is 44.3 Å². The lowest BCUT2D eigenvalue weighted by Gasteiger charge is -2.37. The smallest absolute Gasteiger partial charge is 0.172 e. The van der Waals surface area contributed by atoms with E-state index < -0.39 is 0 Å². The third-order valence-electron chi connectivity index (χ3n) is 4.64. The van der Waals surface area contributed by atoms with Crippen LogP contribution in [0.4, 0.5) is 11.5 Å². The second kappa shape index (κ2) is 8.62. The van der Waals surface area contributed by atoms with Crippen molar-refractivity contribution in [2.45, 2.75) is 25.7 Å². The van der Waals surface area contributed by atoms with Crippen molar-refractivity contribution in [1.29, 1.82) is 0 Å². The lowest BCUT2D eigenvalue weighted by atomic mass is 10.1. The molecule has 2 aromatic heterocycles. The fourth-order valence-corrected chi connectivity index (χ4v) is 3.32. The molecule has 1 aliphatic heterocycles. The summed E-state index contributed by atoms with van der Waals surface area (Å²) < 4.78 is 3.05. The molecule has 3 rings (SSSR count). The van der Waals surface area contributed by atoms with Gasteiger partial charge in [0, 0.05) is 19.2 Å². The summed E-state index contributed by atoms with van der Waals surface area (Å²) in [7, 11) is 2.39. The van der Waals surface area contributed by atoms with Crippen LogP contribution < -0.4 is 23.5 Å². The first-order valence-electron chi connectivity index (χ1n) is 7.98. The number of nitrogens with zero attached hydrogens (tertiary/aromatic N) is 3. The molecule has 0 aliphatic carbocycles. The van der Waals surface area contributed by atoms with Crippen LogP contribution in [-0.4, -0.2) is 47.3 Å². The summed E-state index contributed by atoms with van der Waals surface area (Å²) in [5.74, 6) is 0.808. The van der Waals surface area contributed by atoms with Gasteiger partial charge in [0.15, 0.2) is 5.82 Å². The highest BCUT2D eigenvalue weighted by molar-refractivity contribution is 5.85. The van der Waals surface area contributed by atoms with Crippen molar-refractivity contribution in [1.82, 2.24) is 9.61 Å². The maximum absolute atomic E-state index is 6.14. The summed E-state index contributed by atoms with van der Waals surface area (Å²) in [5.41, 5.74) is 7.85. The summed E-state index contributed by atoms with van der Waals surface area (Å²) in [6.07, 6.45) is 7.25. The number of halogens is 2. The van der Waals surface area contributed by atoms with Crippen molar-refractivity contribution in [3.63, 3.8) is 0 Å². The Bertz CT molecular complexity index is 608. The number of hydrogen-bond donors (Lipinski definition) is 2. The molecule has 130 valence electrons. The molecule has 0 spiro atoms. The Balaban J connectivity index is 0.00000132. The number of piperidine rings is 1. The van der Waals surface area contributed by atoms with Crippen LogP contribution in [0, 0.1) is 0 Å². The maximum atomic E-state index is 6.14. The van der Waals surface area contributed by atoms with E-state index in [9.17, 15) is 0 Å². The first-order chi connectivity index (χ1) is 10.2. The SMILES string of the molecule is C[N+]1(CCCNc2nn3ccccc3c2N)CCCCC1.Cl.[Cl-]. The molecule has 0 atom stereocenters. The van der Waals surface area contributed by atoms with Crippen molar-refractivity contribution in [3.8, 4) is 0 Å². The average Bonchev–Trinajstić information content (AvgIpc) is 2.82. The second-order valence-corrected chi connectivity index (χ2v) is 6.42. The highest BCUT2D eigenvalue weighted by Gasteiger charge is 2.23. The molecule has 1 saturated heterocycles. The van der Waals surface area contributed by atoms with Gasteiger partial charge in [-0.1, -0.05) is 6.07 Å². The molecule has 0 saturated carbocycles. The third-order valence-corrected chi connectivity index (χ3v) is 4.64. The number of nitrogens with one attached hydrogen (secondary N) is 1. The van der Waals surface area contributed by atoms with E-state index in [0.29, 0.717) is 0 Å². The van der Waals surface area contributed by atoms with Crippen LogP contribution in [0.5, 0.6) is 0 Å². The summed E-state index contributed by atoms with van der Waals surface area (Å²) >= 11 is 0. The van der Waals surface area contributed by atoms with E-state index in [-0.39, 0.29) is 24.8 Å². The van der Waals surface area contributed by atoms with Crippen LogP contribution in [-0.2, 0) is 0 Å². The molecule has 7 heteroatoms. The minimum absolute atomic E-state index is 0. The Kier molecular flexibility index (Phi) is 7.45. The zero-order valence-electron chi connectivity index (χ0n) is 13.7. The van der Waals surface area contributed by atoms with Crippen molar-refractivity contribution < 1.29 is 16.9 Å². The molecule has 5 nitrogen and oxygen atoms in total. The van der Waals surface area contributed by atoms with Gasteiger partial charge in [-0.15, -0.1) is 17.5 Å². The fraction of sp³-hybridized carbons (Fsp3) is 0.562. The first-order valence-corrected chi connectivity index (χ1v) is 7.98. The largest absolute Gasteiger partial charge is 1.00 e. The molecule has 0 radical (unpaired) electrons. The molecule has 1 fully saturated rings. The zero-order chi connectivity index (χ0) is 14.7. The monoisotopic (exact) mass is 359 g/mol. The van der Waals surface area contributed by atoms with E-state index in [1.807, 2.05) is 28.9 Å². The summed E-state index contributed by atoms with van der Waals surface area (Å²) in [4.78, 5) is 0. The summed E-state index contributed by atoms with van der Waals surface area (Å²) in [6, 6.07) is 5.94. The molecule has 0 unspecified atom stereocenters. The second-order valence-electron chi connectivity index (χ2n) is 6.42. The third kappa shape index (κ3) is 4.66. The number of pyridine rings is 1. The predicted molar refractivity (Wildman–Crippen MR) is 94.6 cm³/mol. The molecule has 0 bridgehead atoms.